The van der Waals surface area contributed by atoms with E-state index in [0.29, 0.717) is 17.7 Å². The normalized spacial score (nSPS) is 24.8. The fourth-order valence-electron chi connectivity index (χ4n) is 3.69. The van der Waals surface area contributed by atoms with Crippen LogP contribution in [0.4, 0.5) is 5.69 Å². The molecule has 106 valence electrons. The van der Waals surface area contributed by atoms with Crippen molar-refractivity contribution in [1.29, 1.82) is 5.26 Å². The van der Waals surface area contributed by atoms with E-state index in [1.54, 1.807) is 0 Å². The van der Waals surface area contributed by atoms with Crippen LogP contribution in [-0.4, -0.2) is 35.9 Å². The molecule has 1 N–H and O–H groups in total. The second kappa shape index (κ2) is 4.97. The fourth-order valence-corrected chi connectivity index (χ4v) is 3.69. The van der Waals surface area contributed by atoms with Gasteiger partial charge in [0.15, 0.2) is 5.69 Å². The van der Waals surface area contributed by atoms with Gasteiger partial charge >= 0.3 is 0 Å². The minimum absolute atomic E-state index is 0.443. The maximum absolute atomic E-state index is 9.40. The predicted molar refractivity (Wildman–Crippen MR) is 81.0 cm³/mol. The van der Waals surface area contributed by atoms with E-state index >= 15 is 0 Å². The highest BCUT2D eigenvalue weighted by molar-refractivity contribution is 5.93. The first kappa shape index (κ1) is 12.5. The van der Waals surface area contributed by atoms with Crippen molar-refractivity contribution in [3.05, 3.63) is 30.0 Å². The summed E-state index contributed by atoms with van der Waals surface area (Å²) in [6, 6.07) is 10.8. The van der Waals surface area contributed by atoms with Crippen molar-refractivity contribution in [3.63, 3.8) is 0 Å². The van der Waals surface area contributed by atoms with Gasteiger partial charge < -0.3 is 10.2 Å². The van der Waals surface area contributed by atoms with E-state index in [2.05, 4.69) is 26.5 Å². The summed E-state index contributed by atoms with van der Waals surface area (Å²) in [6.45, 7) is 3.09. The molecule has 2 aromatic rings. The van der Waals surface area contributed by atoms with E-state index in [9.17, 15) is 5.26 Å². The molecule has 2 aliphatic heterocycles. The molecule has 0 aliphatic carbocycles. The summed E-state index contributed by atoms with van der Waals surface area (Å²) in [5.74, 6) is 0.678. The molecule has 4 rings (SSSR count). The molecule has 2 fully saturated rings. The number of nitriles is 1. The highest BCUT2D eigenvalue weighted by atomic mass is 15.2. The van der Waals surface area contributed by atoms with Gasteiger partial charge in [-0.2, -0.15) is 5.26 Å². The molecule has 2 unspecified atom stereocenters. The summed E-state index contributed by atoms with van der Waals surface area (Å²) in [7, 11) is 0. The molecule has 5 heteroatoms. The highest BCUT2D eigenvalue weighted by Crippen LogP contribution is 2.33. The molecule has 1 aromatic heterocycles. The summed E-state index contributed by atoms with van der Waals surface area (Å²) in [6.07, 6.45) is 2.35. The van der Waals surface area contributed by atoms with Crippen molar-refractivity contribution < 1.29 is 0 Å². The van der Waals surface area contributed by atoms with Crippen molar-refractivity contribution >= 4 is 16.6 Å². The van der Waals surface area contributed by atoms with E-state index in [0.717, 1.165) is 42.6 Å². The Hall–Kier alpha value is -2.19. The van der Waals surface area contributed by atoms with E-state index in [-0.39, 0.29) is 0 Å². The lowest BCUT2D eigenvalue weighted by Crippen LogP contribution is -2.44. The number of nitrogens with one attached hydrogen (secondary N) is 1. The zero-order chi connectivity index (χ0) is 14.2. The minimum atomic E-state index is 0.443. The molecule has 2 aliphatic rings. The standard InChI is InChI=1S/C16H17N5/c17-9-15-16(12-3-1-2-4-14(12)19-20-15)21-8-6-13-11(10-21)5-7-18-13/h1-4,11,13,18H,5-8,10H2. The van der Waals surface area contributed by atoms with Gasteiger partial charge in [0, 0.05) is 24.5 Å². The van der Waals surface area contributed by atoms with Gasteiger partial charge in [0.05, 0.1) is 11.2 Å². The SMILES string of the molecule is N#Cc1nnc2ccccc2c1N1CCC2NCCC2C1. The van der Waals surface area contributed by atoms with Crippen molar-refractivity contribution in [2.24, 2.45) is 5.92 Å². The maximum Gasteiger partial charge on any atom is 0.187 e. The third-order valence-electron chi connectivity index (χ3n) is 4.72. The molecular weight excluding hydrogens is 262 g/mol. The van der Waals surface area contributed by atoms with Gasteiger partial charge in [0.25, 0.3) is 0 Å². The Balaban J connectivity index is 1.80. The second-order valence-corrected chi connectivity index (χ2v) is 5.87. The zero-order valence-electron chi connectivity index (χ0n) is 11.8. The lowest BCUT2D eigenvalue weighted by Gasteiger charge is -2.36. The molecule has 1 aromatic carbocycles. The molecule has 21 heavy (non-hydrogen) atoms. The van der Waals surface area contributed by atoms with E-state index in [1.807, 2.05) is 24.3 Å². The van der Waals surface area contributed by atoms with Crippen LogP contribution in [0.2, 0.25) is 0 Å². The van der Waals surface area contributed by atoms with Gasteiger partial charge in [-0.1, -0.05) is 18.2 Å². The molecular formula is C16H17N5. The van der Waals surface area contributed by atoms with Crippen LogP contribution in [-0.2, 0) is 0 Å². The Morgan fingerprint density at radius 2 is 2.14 bits per heavy atom. The number of hydrogen-bond donors (Lipinski definition) is 1. The van der Waals surface area contributed by atoms with Crippen LogP contribution in [0.3, 0.4) is 0 Å². The zero-order valence-corrected chi connectivity index (χ0v) is 11.8. The molecule has 2 saturated heterocycles. The number of hydrogen-bond acceptors (Lipinski definition) is 5. The van der Waals surface area contributed by atoms with Crippen LogP contribution in [0.1, 0.15) is 18.5 Å². The largest absolute Gasteiger partial charge is 0.368 e. The number of benzene rings is 1. The molecule has 0 radical (unpaired) electrons. The topological polar surface area (TPSA) is 64.8 Å². The fraction of sp³-hybridized carbons (Fsp3) is 0.438. The number of nitrogens with zero attached hydrogens (tertiary/aromatic N) is 4. The Morgan fingerprint density at radius 3 is 3.05 bits per heavy atom. The Morgan fingerprint density at radius 1 is 1.24 bits per heavy atom. The second-order valence-electron chi connectivity index (χ2n) is 5.87. The summed E-state index contributed by atoms with van der Waals surface area (Å²) in [5.41, 5.74) is 2.27. The summed E-state index contributed by atoms with van der Waals surface area (Å²) >= 11 is 0. The van der Waals surface area contributed by atoms with Crippen molar-refractivity contribution in [2.75, 3.05) is 24.5 Å². The number of aromatic nitrogens is 2. The monoisotopic (exact) mass is 279 g/mol. The minimum Gasteiger partial charge on any atom is -0.368 e. The number of anilines is 1. The first-order valence-corrected chi connectivity index (χ1v) is 7.50. The molecule has 0 spiro atoms. The van der Waals surface area contributed by atoms with Gasteiger partial charge in [0.1, 0.15) is 6.07 Å². The molecule has 0 saturated carbocycles. The molecule has 3 heterocycles. The Labute approximate surface area is 123 Å². The third-order valence-corrected chi connectivity index (χ3v) is 4.72. The molecule has 0 amide bonds. The average molecular weight is 279 g/mol. The van der Waals surface area contributed by atoms with Crippen LogP contribution in [0.25, 0.3) is 10.9 Å². The van der Waals surface area contributed by atoms with Gasteiger partial charge in [-0.15, -0.1) is 10.2 Å². The summed E-state index contributed by atoms with van der Waals surface area (Å²) in [5, 5.41) is 22.3. The summed E-state index contributed by atoms with van der Waals surface area (Å²) < 4.78 is 0. The van der Waals surface area contributed by atoms with Crippen LogP contribution < -0.4 is 10.2 Å². The van der Waals surface area contributed by atoms with Crippen LogP contribution in [0.5, 0.6) is 0 Å². The Kier molecular flexibility index (Phi) is 2.97. The van der Waals surface area contributed by atoms with E-state index in [1.165, 1.54) is 6.42 Å². The predicted octanol–water partition coefficient (Wildman–Crippen LogP) is 1.69. The average Bonchev–Trinajstić information content (AvgIpc) is 3.01. The van der Waals surface area contributed by atoms with E-state index < -0.39 is 0 Å². The van der Waals surface area contributed by atoms with E-state index in [4.69, 9.17) is 0 Å². The lowest BCUT2D eigenvalue weighted by atomic mass is 9.92. The smallest absolute Gasteiger partial charge is 0.187 e. The first-order chi connectivity index (χ1) is 10.4. The quantitative estimate of drug-likeness (QED) is 0.860. The summed E-state index contributed by atoms with van der Waals surface area (Å²) in [4.78, 5) is 2.34. The number of piperidine rings is 1. The van der Waals surface area contributed by atoms with Gasteiger partial charge in [-0.25, -0.2) is 0 Å². The molecule has 2 atom stereocenters. The van der Waals surface area contributed by atoms with Crippen LogP contribution >= 0.6 is 0 Å². The molecule has 0 bridgehead atoms. The maximum atomic E-state index is 9.40. The van der Waals surface area contributed by atoms with Crippen molar-refractivity contribution in [1.82, 2.24) is 15.5 Å². The lowest BCUT2D eigenvalue weighted by molar-refractivity contribution is 0.376. The van der Waals surface area contributed by atoms with Gasteiger partial charge in [-0.05, 0) is 31.4 Å². The third kappa shape index (κ3) is 2.03. The first-order valence-electron chi connectivity index (χ1n) is 7.50. The van der Waals surface area contributed by atoms with Crippen molar-refractivity contribution in [2.45, 2.75) is 18.9 Å². The van der Waals surface area contributed by atoms with Crippen LogP contribution in [0.15, 0.2) is 24.3 Å². The Bertz CT molecular complexity index is 720. The van der Waals surface area contributed by atoms with Crippen molar-refractivity contribution in [3.8, 4) is 6.07 Å². The number of fused-ring (bicyclic) bond motifs is 2. The molecule has 5 nitrogen and oxygen atoms in total. The van der Waals surface area contributed by atoms with Gasteiger partial charge in [-0.3, -0.25) is 0 Å². The highest BCUT2D eigenvalue weighted by Gasteiger charge is 2.34. The number of rotatable bonds is 1. The van der Waals surface area contributed by atoms with Gasteiger partial charge in [0.2, 0.25) is 0 Å². The van der Waals surface area contributed by atoms with Crippen LogP contribution in [0, 0.1) is 17.2 Å².